The largest absolute Gasteiger partial charge is 0.466 e. The third kappa shape index (κ3) is 2.20. The highest BCUT2D eigenvalue weighted by Gasteiger charge is 2.57. The van der Waals surface area contributed by atoms with Gasteiger partial charge in [-0.25, -0.2) is 4.79 Å². The van der Waals surface area contributed by atoms with Crippen LogP contribution in [0.2, 0.25) is 0 Å². The van der Waals surface area contributed by atoms with Crippen LogP contribution in [-0.2, 0) is 28.5 Å². The molecule has 1 N–H and O–H groups in total. The van der Waals surface area contributed by atoms with Crippen molar-refractivity contribution < 1.29 is 28.3 Å². The lowest BCUT2D eigenvalue weighted by molar-refractivity contribution is -0.156. The standard InChI is InChI=1S/C11H15O6P/c1-15-10(12)11(13,18(14,16-2)17-3)9-7-5-4-6-8-9/h4-8,13H,1-3H3/t11-/m0/s1. The summed E-state index contributed by atoms with van der Waals surface area (Å²) in [6.45, 7) is 0. The van der Waals surface area contributed by atoms with Crippen LogP contribution in [0.15, 0.2) is 30.3 Å². The van der Waals surface area contributed by atoms with E-state index in [0.717, 1.165) is 21.3 Å². The molecule has 0 heterocycles. The third-order valence-corrected chi connectivity index (χ3v) is 4.72. The number of aliphatic hydroxyl groups is 1. The summed E-state index contributed by atoms with van der Waals surface area (Å²) >= 11 is 0. The zero-order valence-corrected chi connectivity index (χ0v) is 11.2. The summed E-state index contributed by atoms with van der Waals surface area (Å²) in [6, 6.07) is 7.72. The molecule has 0 bridgehead atoms. The van der Waals surface area contributed by atoms with E-state index >= 15 is 0 Å². The maximum atomic E-state index is 12.4. The Balaban J connectivity index is 3.46. The van der Waals surface area contributed by atoms with E-state index in [9.17, 15) is 14.5 Å². The summed E-state index contributed by atoms with van der Waals surface area (Å²) in [5.41, 5.74) is 0.0730. The zero-order chi connectivity index (χ0) is 13.8. The lowest BCUT2D eigenvalue weighted by atomic mass is 10.1. The van der Waals surface area contributed by atoms with Crippen molar-refractivity contribution in [2.45, 2.75) is 5.34 Å². The van der Waals surface area contributed by atoms with E-state index in [1.54, 1.807) is 18.2 Å². The molecule has 1 aromatic rings. The van der Waals surface area contributed by atoms with Crippen molar-refractivity contribution in [3.05, 3.63) is 35.9 Å². The first-order chi connectivity index (χ1) is 8.46. The van der Waals surface area contributed by atoms with Gasteiger partial charge < -0.3 is 18.9 Å². The molecule has 0 saturated carbocycles. The van der Waals surface area contributed by atoms with Gasteiger partial charge in [0, 0.05) is 19.8 Å². The van der Waals surface area contributed by atoms with Gasteiger partial charge >= 0.3 is 13.6 Å². The minimum Gasteiger partial charge on any atom is -0.466 e. The highest BCUT2D eigenvalue weighted by Crippen LogP contribution is 2.62. The monoisotopic (exact) mass is 274 g/mol. The summed E-state index contributed by atoms with van der Waals surface area (Å²) in [7, 11) is -0.873. The van der Waals surface area contributed by atoms with Gasteiger partial charge in [0.1, 0.15) is 0 Å². The van der Waals surface area contributed by atoms with Crippen molar-refractivity contribution in [1.29, 1.82) is 0 Å². The van der Waals surface area contributed by atoms with Crippen molar-refractivity contribution in [3.8, 4) is 0 Å². The van der Waals surface area contributed by atoms with Crippen LogP contribution in [0.1, 0.15) is 5.56 Å². The predicted molar refractivity (Wildman–Crippen MR) is 64.0 cm³/mol. The van der Waals surface area contributed by atoms with E-state index in [2.05, 4.69) is 4.74 Å². The van der Waals surface area contributed by atoms with Gasteiger partial charge in [0.25, 0.3) is 5.34 Å². The van der Waals surface area contributed by atoms with Crippen LogP contribution in [0.5, 0.6) is 0 Å². The number of methoxy groups -OCH3 is 1. The minimum absolute atomic E-state index is 0.0730. The number of hydrogen-bond acceptors (Lipinski definition) is 6. The van der Waals surface area contributed by atoms with Gasteiger partial charge in [0.15, 0.2) is 0 Å². The van der Waals surface area contributed by atoms with Gasteiger partial charge in [-0.05, 0) is 0 Å². The molecule has 0 aliphatic rings. The maximum absolute atomic E-state index is 12.4. The predicted octanol–water partition coefficient (Wildman–Crippen LogP) is 1.49. The SMILES string of the molecule is COC(=O)[C@](O)(c1ccccc1)P(=O)(OC)OC. The molecule has 1 rings (SSSR count). The van der Waals surface area contributed by atoms with Crippen LogP contribution in [0.3, 0.4) is 0 Å². The number of benzene rings is 1. The Bertz CT molecular complexity index is 452. The van der Waals surface area contributed by atoms with Crippen LogP contribution < -0.4 is 0 Å². The first-order valence-corrected chi connectivity index (χ1v) is 6.58. The van der Waals surface area contributed by atoms with E-state index in [0.29, 0.717) is 0 Å². The molecule has 1 atom stereocenters. The molecule has 1 aromatic carbocycles. The summed E-state index contributed by atoms with van der Waals surface area (Å²) in [4.78, 5) is 11.8. The topological polar surface area (TPSA) is 82.1 Å². The smallest absolute Gasteiger partial charge is 0.377 e. The van der Waals surface area contributed by atoms with Crippen molar-refractivity contribution >= 4 is 13.6 Å². The molecule has 0 aliphatic heterocycles. The van der Waals surface area contributed by atoms with Crippen molar-refractivity contribution in [1.82, 2.24) is 0 Å². The van der Waals surface area contributed by atoms with Crippen molar-refractivity contribution in [2.24, 2.45) is 0 Å². The van der Waals surface area contributed by atoms with Gasteiger partial charge in [0.05, 0.1) is 7.11 Å². The van der Waals surface area contributed by atoms with E-state index < -0.39 is 18.9 Å². The number of ether oxygens (including phenoxy) is 1. The second-order valence-electron chi connectivity index (χ2n) is 3.39. The number of rotatable bonds is 5. The average Bonchev–Trinajstić information content (AvgIpc) is 2.45. The second-order valence-corrected chi connectivity index (χ2v) is 5.76. The number of carbonyl (C=O) groups is 1. The summed E-state index contributed by atoms with van der Waals surface area (Å²) in [6.07, 6.45) is 0. The molecule has 7 heteroatoms. The Morgan fingerprint density at radius 2 is 1.67 bits per heavy atom. The highest BCUT2D eigenvalue weighted by atomic mass is 31.2. The van der Waals surface area contributed by atoms with E-state index in [1.807, 2.05) is 0 Å². The molecular weight excluding hydrogens is 259 g/mol. The molecular formula is C11H15O6P. The van der Waals surface area contributed by atoms with Crippen LogP contribution in [0.4, 0.5) is 0 Å². The molecule has 0 unspecified atom stereocenters. The van der Waals surface area contributed by atoms with E-state index in [1.165, 1.54) is 12.1 Å². The number of hydrogen-bond donors (Lipinski definition) is 1. The zero-order valence-electron chi connectivity index (χ0n) is 10.3. The first kappa shape index (κ1) is 14.9. The summed E-state index contributed by atoms with van der Waals surface area (Å²) in [5, 5.41) is 7.99. The molecule has 0 aromatic heterocycles. The third-order valence-electron chi connectivity index (χ3n) is 2.52. The molecule has 6 nitrogen and oxygen atoms in total. The van der Waals surface area contributed by atoms with Crippen LogP contribution in [0, 0.1) is 0 Å². The first-order valence-electron chi connectivity index (χ1n) is 5.04. The molecule has 0 spiro atoms. The maximum Gasteiger partial charge on any atom is 0.377 e. The fourth-order valence-corrected chi connectivity index (χ4v) is 3.00. The number of esters is 1. The van der Waals surface area contributed by atoms with Gasteiger partial charge in [0.2, 0.25) is 0 Å². The van der Waals surface area contributed by atoms with Crippen LogP contribution >= 0.6 is 7.60 Å². The molecule has 0 aliphatic carbocycles. The number of carbonyl (C=O) groups excluding carboxylic acids is 1. The Morgan fingerprint density at radius 3 is 2.06 bits per heavy atom. The molecule has 0 fully saturated rings. The van der Waals surface area contributed by atoms with Gasteiger partial charge in [-0.3, -0.25) is 4.57 Å². The molecule has 18 heavy (non-hydrogen) atoms. The molecule has 0 saturated heterocycles. The van der Waals surface area contributed by atoms with Crippen molar-refractivity contribution in [2.75, 3.05) is 21.3 Å². The van der Waals surface area contributed by atoms with E-state index in [-0.39, 0.29) is 5.56 Å². The fraction of sp³-hybridized carbons (Fsp3) is 0.364. The molecule has 100 valence electrons. The Morgan fingerprint density at radius 1 is 1.17 bits per heavy atom. The van der Waals surface area contributed by atoms with Gasteiger partial charge in [-0.2, -0.15) is 0 Å². The average molecular weight is 274 g/mol. The van der Waals surface area contributed by atoms with Crippen LogP contribution in [-0.4, -0.2) is 32.4 Å². The Labute approximate surface area is 105 Å². The Hall–Kier alpha value is -1.20. The minimum atomic E-state index is -4.12. The normalized spacial score (nSPS) is 14.9. The summed E-state index contributed by atoms with van der Waals surface area (Å²) < 4.78 is 26.3. The highest BCUT2D eigenvalue weighted by molar-refractivity contribution is 7.56. The molecule has 0 radical (unpaired) electrons. The van der Waals surface area contributed by atoms with Gasteiger partial charge in [-0.15, -0.1) is 0 Å². The van der Waals surface area contributed by atoms with Gasteiger partial charge in [-0.1, -0.05) is 30.3 Å². The van der Waals surface area contributed by atoms with E-state index in [4.69, 9.17) is 9.05 Å². The Kier molecular flexibility index (Phi) is 4.65. The summed E-state index contributed by atoms with van der Waals surface area (Å²) in [5.74, 6) is -1.11. The molecule has 0 amide bonds. The van der Waals surface area contributed by atoms with Crippen LogP contribution in [0.25, 0.3) is 0 Å². The second kappa shape index (κ2) is 5.63. The fourth-order valence-electron chi connectivity index (χ4n) is 1.54. The lowest BCUT2D eigenvalue weighted by Crippen LogP contribution is -2.37. The lowest BCUT2D eigenvalue weighted by Gasteiger charge is -2.30. The quantitative estimate of drug-likeness (QED) is 0.647. The van der Waals surface area contributed by atoms with Crippen molar-refractivity contribution in [3.63, 3.8) is 0 Å².